The van der Waals surface area contributed by atoms with E-state index in [1.54, 1.807) is 6.07 Å². The SMILES string of the molecule is O=c1[nH]ccc2nc(Cl)cn12. The Morgan fingerprint density at radius 3 is 3.18 bits per heavy atom. The summed E-state index contributed by atoms with van der Waals surface area (Å²) in [6.45, 7) is 0. The molecule has 0 aromatic carbocycles. The van der Waals surface area contributed by atoms with Crippen molar-refractivity contribution in [2.24, 2.45) is 0 Å². The molecular weight excluding hydrogens is 166 g/mol. The second kappa shape index (κ2) is 2.10. The molecule has 2 aromatic rings. The molecular formula is C6H4ClN3O. The number of imidazole rings is 1. The number of nitrogens with one attached hydrogen (secondary N) is 1. The highest BCUT2D eigenvalue weighted by Crippen LogP contribution is 2.05. The van der Waals surface area contributed by atoms with E-state index in [-0.39, 0.29) is 5.69 Å². The lowest BCUT2D eigenvalue weighted by Gasteiger charge is -1.86. The molecule has 0 saturated carbocycles. The van der Waals surface area contributed by atoms with Crippen LogP contribution in [0.5, 0.6) is 0 Å². The van der Waals surface area contributed by atoms with Crippen LogP contribution in [-0.2, 0) is 0 Å². The van der Waals surface area contributed by atoms with Gasteiger partial charge in [0.1, 0.15) is 10.8 Å². The number of fused-ring (bicyclic) bond motifs is 1. The number of aromatic amines is 1. The molecule has 0 atom stereocenters. The summed E-state index contributed by atoms with van der Waals surface area (Å²) in [4.78, 5) is 17.4. The Morgan fingerprint density at radius 2 is 2.45 bits per heavy atom. The van der Waals surface area contributed by atoms with E-state index in [1.165, 1.54) is 16.8 Å². The Balaban J connectivity index is 3.02. The molecule has 0 fully saturated rings. The molecule has 5 heteroatoms. The van der Waals surface area contributed by atoms with Crippen LogP contribution in [0.3, 0.4) is 0 Å². The van der Waals surface area contributed by atoms with E-state index in [2.05, 4.69) is 9.97 Å². The summed E-state index contributed by atoms with van der Waals surface area (Å²) < 4.78 is 1.35. The predicted octanol–water partition coefficient (Wildman–Crippen LogP) is 0.676. The minimum Gasteiger partial charge on any atom is -0.314 e. The van der Waals surface area contributed by atoms with Gasteiger partial charge in [0.05, 0.1) is 6.20 Å². The van der Waals surface area contributed by atoms with Gasteiger partial charge in [0.2, 0.25) is 0 Å². The molecule has 0 aliphatic rings. The standard InChI is InChI=1S/C6H4ClN3O/c7-4-3-10-5(9-4)1-2-8-6(10)11/h1-3H,(H,8,11). The average molecular weight is 170 g/mol. The number of nitrogens with zero attached hydrogens (tertiary/aromatic N) is 2. The van der Waals surface area contributed by atoms with Crippen LogP contribution in [0.1, 0.15) is 0 Å². The zero-order chi connectivity index (χ0) is 7.84. The third-order valence-corrected chi connectivity index (χ3v) is 1.54. The van der Waals surface area contributed by atoms with Crippen molar-refractivity contribution < 1.29 is 0 Å². The Kier molecular flexibility index (Phi) is 1.22. The Bertz CT molecular complexity index is 444. The van der Waals surface area contributed by atoms with Crippen LogP contribution < -0.4 is 5.69 Å². The molecule has 56 valence electrons. The monoisotopic (exact) mass is 169 g/mol. The van der Waals surface area contributed by atoms with Gasteiger partial charge in [0, 0.05) is 6.20 Å². The lowest BCUT2D eigenvalue weighted by atomic mass is 10.6. The van der Waals surface area contributed by atoms with Crippen molar-refractivity contribution in [3.05, 3.63) is 34.1 Å². The molecule has 0 saturated heterocycles. The predicted molar refractivity (Wildman–Crippen MR) is 40.8 cm³/mol. The summed E-state index contributed by atoms with van der Waals surface area (Å²) in [5.74, 6) is 0. The second-order valence-electron chi connectivity index (χ2n) is 2.07. The van der Waals surface area contributed by atoms with E-state index in [9.17, 15) is 4.79 Å². The van der Waals surface area contributed by atoms with Crippen molar-refractivity contribution in [1.29, 1.82) is 0 Å². The van der Waals surface area contributed by atoms with E-state index >= 15 is 0 Å². The van der Waals surface area contributed by atoms with Gasteiger partial charge in [-0.3, -0.25) is 0 Å². The van der Waals surface area contributed by atoms with Gasteiger partial charge in [-0.05, 0) is 6.07 Å². The van der Waals surface area contributed by atoms with Crippen molar-refractivity contribution in [3.63, 3.8) is 0 Å². The minimum atomic E-state index is -0.234. The first-order valence-electron chi connectivity index (χ1n) is 3.00. The van der Waals surface area contributed by atoms with Crippen LogP contribution in [0.4, 0.5) is 0 Å². The second-order valence-corrected chi connectivity index (χ2v) is 2.46. The molecule has 0 aliphatic heterocycles. The quantitative estimate of drug-likeness (QED) is 0.631. The molecule has 2 heterocycles. The van der Waals surface area contributed by atoms with Crippen molar-refractivity contribution in [2.75, 3.05) is 0 Å². The first-order chi connectivity index (χ1) is 5.27. The Labute approximate surface area is 66.5 Å². The summed E-state index contributed by atoms with van der Waals surface area (Å²) in [6.07, 6.45) is 3.00. The van der Waals surface area contributed by atoms with Gasteiger partial charge in [-0.1, -0.05) is 11.6 Å². The molecule has 0 unspecified atom stereocenters. The van der Waals surface area contributed by atoms with Crippen LogP contribution in [0.15, 0.2) is 23.3 Å². The number of hydrogen-bond acceptors (Lipinski definition) is 2. The maximum absolute atomic E-state index is 11.0. The summed E-state index contributed by atoms with van der Waals surface area (Å²) >= 11 is 5.57. The number of halogens is 1. The van der Waals surface area contributed by atoms with Gasteiger partial charge >= 0.3 is 5.69 Å². The van der Waals surface area contributed by atoms with Crippen LogP contribution >= 0.6 is 11.6 Å². The average Bonchev–Trinajstić information content (AvgIpc) is 2.31. The zero-order valence-electron chi connectivity index (χ0n) is 5.41. The largest absolute Gasteiger partial charge is 0.331 e. The fourth-order valence-corrected chi connectivity index (χ4v) is 1.09. The van der Waals surface area contributed by atoms with E-state index in [0.29, 0.717) is 10.8 Å². The van der Waals surface area contributed by atoms with Crippen molar-refractivity contribution in [1.82, 2.24) is 14.4 Å². The van der Waals surface area contributed by atoms with Gasteiger partial charge in [0.25, 0.3) is 0 Å². The Morgan fingerprint density at radius 1 is 1.64 bits per heavy atom. The van der Waals surface area contributed by atoms with Crippen LogP contribution in [-0.4, -0.2) is 14.4 Å². The van der Waals surface area contributed by atoms with E-state index in [1.807, 2.05) is 0 Å². The smallest absolute Gasteiger partial charge is 0.314 e. The summed E-state index contributed by atoms with van der Waals surface area (Å²) in [6, 6.07) is 1.67. The first-order valence-corrected chi connectivity index (χ1v) is 3.37. The normalized spacial score (nSPS) is 10.6. The number of H-pyrrole nitrogens is 1. The molecule has 4 nitrogen and oxygen atoms in total. The van der Waals surface area contributed by atoms with Crippen molar-refractivity contribution in [2.45, 2.75) is 0 Å². The molecule has 0 bridgehead atoms. The van der Waals surface area contributed by atoms with Crippen molar-refractivity contribution in [3.8, 4) is 0 Å². The van der Waals surface area contributed by atoms with Gasteiger partial charge in [-0.15, -0.1) is 0 Å². The maximum atomic E-state index is 11.0. The maximum Gasteiger partial charge on any atom is 0.331 e. The topological polar surface area (TPSA) is 50.2 Å². The Hall–Kier alpha value is -1.29. The zero-order valence-corrected chi connectivity index (χ0v) is 6.17. The lowest BCUT2D eigenvalue weighted by molar-refractivity contribution is 1.00. The third-order valence-electron chi connectivity index (χ3n) is 1.36. The van der Waals surface area contributed by atoms with Gasteiger partial charge < -0.3 is 4.98 Å². The van der Waals surface area contributed by atoms with Crippen LogP contribution in [0.2, 0.25) is 5.15 Å². The molecule has 0 spiro atoms. The molecule has 0 amide bonds. The molecule has 11 heavy (non-hydrogen) atoms. The highest BCUT2D eigenvalue weighted by molar-refractivity contribution is 6.29. The van der Waals surface area contributed by atoms with Crippen LogP contribution in [0.25, 0.3) is 5.65 Å². The van der Waals surface area contributed by atoms with Gasteiger partial charge in [0.15, 0.2) is 0 Å². The molecule has 0 aliphatic carbocycles. The van der Waals surface area contributed by atoms with Crippen molar-refractivity contribution >= 4 is 17.2 Å². The highest BCUT2D eigenvalue weighted by Gasteiger charge is 1.98. The summed E-state index contributed by atoms with van der Waals surface area (Å²) in [5, 5.41) is 0.321. The summed E-state index contributed by atoms with van der Waals surface area (Å²) in [5.41, 5.74) is 0.320. The van der Waals surface area contributed by atoms with Gasteiger partial charge in [-0.2, -0.15) is 0 Å². The lowest BCUT2D eigenvalue weighted by Crippen LogP contribution is -2.13. The van der Waals surface area contributed by atoms with Gasteiger partial charge in [-0.25, -0.2) is 14.2 Å². The molecule has 1 N–H and O–H groups in total. The van der Waals surface area contributed by atoms with E-state index in [0.717, 1.165) is 0 Å². The molecule has 0 radical (unpaired) electrons. The fourth-order valence-electron chi connectivity index (χ4n) is 0.902. The highest BCUT2D eigenvalue weighted by atomic mass is 35.5. The minimum absolute atomic E-state index is 0.234. The number of hydrogen-bond donors (Lipinski definition) is 1. The first kappa shape index (κ1) is 6.42. The molecule has 2 rings (SSSR count). The number of aromatic nitrogens is 3. The third kappa shape index (κ3) is 0.914. The van der Waals surface area contributed by atoms with Crippen LogP contribution in [0, 0.1) is 0 Å². The van der Waals surface area contributed by atoms with E-state index < -0.39 is 0 Å². The fraction of sp³-hybridized carbons (Fsp3) is 0. The van der Waals surface area contributed by atoms with E-state index in [4.69, 9.17) is 11.6 Å². The number of rotatable bonds is 0. The molecule has 2 aromatic heterocycles. The summed E-state index contributed by atoms with van der Waals surface area (Å²) in [7, 11) is 0.